The molecule has 0 heterocycles. The zero-order valence-electron chi connectivity index (χ0n) is 8.64. The molecule has 0 aromatic rings. The molecule has 0 radical (unpaired) electrons. The van der Waals surface area contributed by atoms with Crippen LogP contribution < -0.4 is 16.9 Å². The van der Waals surface area contributed by atoms with Crippen molar-refractivity contribution in [3.05, 3.63) is 0 Å². The number of hydrogen-bond donors (Lipinski definition) is 5. The number of nitrogens with two attached hydrogens (primary N) is 2. The molecule has 0 aliphatic heterocycles. The molecule has 0 atom stereocenters. The van der Waals surface area contributed by atoms with Crippen LogP contribution in [0.4, 0.5) is 0 Å². The lowest BCUT2D eigenvalue weighted by Gasteiger charge is -2.22. The van der Waals surface area contributed by atoms with Gasteiger partial charge in [0.1, 0.15) is 0 Å². The van der Waals surface area contributed by atoms with Crippen molar-refractivity contribution < 1.29 is 0 Å². The van der Waals surface area contributed by atoms with Crippen LogP contribution in [0.25, 0.3) is 0 Å². The summed E-state index contributed by atoms with van der Waals surface area (Å²) in [6.07, 6.45) is 4.37. The average molecular weight is 200 g/mol. The molecule has 0 bridgehead atoms. The number of rotatable bonds is 5. The molecule has 6 heteroatoms. The number of unbranched alkanes of at least 4 members (excludes halogenated alkanes) is 3. The summed E-state index contributed by atoms with van der Waals surface area (Å²) in [6.45, 7) is 2.74. The van der Waals surface area contributed by atoms with E-state index in [4.69, 9.17) is 22.3 Å². The molecule has 7 N–H and O–H groups in total. The molecule has 14 heavy (non-hydrogen) atoms. The topological polar surface area (TPSA) is 115 Å². The van der Waals surface area contributed by atoms with Gasteiger partial charge in [-0.25, -0.2) is 0 Å². The van der Waals surface area contributed by atoms with Gasteiger partial charge in [0.25, 0.3) is 0 Å². The molecule has 0 aliphatic rings. The maximum atomic E-state index is 7.21. The molecule has 0 unspecified atom stereocenters. The highest BCUT2D eigenvalue weighted by Gasteiger charge is 2.05. The highest BCUT2D eigenvalue weighted by atomic mass is 15.6. The van der Waals surface area contributed by atoms with Gasteiger partial charge in [0.15, 0.2) is 0 Å². The second-order valence-electron chi connectivity index (χ2n) is 3.12. The first kappa shape index (κ1) is 12.5. The van der Waals surface area contributed by atoms with E-state index in [9.17, 15) is 0 Å². The first-order chi connectivity index (χ1) is 6.57. The molecule has 0 saturated heterocycles. The van der Waals surface area contributed by atoms with Crippen LogP contribution in [-0.4, -0.2) is 23.5 Å². The van der Waals surface area contributed by atoms with Crippen molar-refractivity contribution in [3.63, 3.8) is 0 Å². The molecule has 0 amide bonds. The normalized spacial score (nSPS) is 9.50. The van der Waals surface area contributed by atoms with Crippen molar-refractivity contribution in [2.75, 3.05) is 6.54 Å². The molecule has 0 fully saturated rings. The highest BCUT2D eigenvalue weighted by molar-refractivity contribution is 5.80. The Kier molecular flexibility index (Phi) is 6.26. The zero-order chi connectivity index (χ0) is 11.0. The lowest BCUT2D eigenvalue weighted by Crippen LogP contribution is -2.51. The van der Waals surface area contributed by atoms with Gasteiger partial charge in [-0.15, -0.1) is 0 Å². The average Bonchev–Trinajstić information content (AvgIpc) is 2.09. The minimum atomic E-state index is -0.198. The van der Waals surface area contributed by atoms with E-state index in [1.807, 2.05) is 0 Å². The van der Waals surface area contributed by atoms with E-state index >= 15 is 0 Å². The van der Waals surface area contributed by atoms with Crippen LogP contribution in [0.3, 0.4) is 0 Å². The largest absolute Gasteiger partial charge is 0.369 e. The summed E-state index contributed by atoms with van der Waals surface area (Å²) in [6, 6.07) is 0. The third-order valence-electron chi connectivity index (χ3n) is 1.78. The van der Waals surface area contributed by atoms with Crippen LogP contribution in [0.1, 0.15) is 32.6 Å². The predicted molar refractivity (Wildman–Crippen MR) is 57.8 cm³/mol. The molecule has 0 aromatic heterocycles. The monoisotopic (exact) mass is 200 g/mol. The van der Waals surface area contributed by atoms with Gasteiger partial charge in [-0.1, -0.05) is 26.2 Å². The Hall–Kier alpha value is -1.46. The Morgan fingerprint density at radius 3 is 2.29 bits per heavy atom. The second-order valence-corrected chi connectivity index (χ2v) is 3.12. The minimum absolute atomic E-state index is 0.114. The standard InChI is InChI=1S/C8H20N6/c1-2-3-4-5-6-14(8(11)12)13-7(9)10/h2-6H2,1H3,(H3,11,12)(H4,9,10,13). The van der Waals surface area contributed by atoms with E-state index < -0.39 is 0 Å². The Bertz CT molecular complexity index is 190. The van der Waals surface area contributed by atoms with Crippen LogP contribution in [0.5, 0.6) is 0 Å². The first-order valence-electron chi connectivity index (χ1n) is 4.80. The first-order valence-corrected chi connectivity index (χ1v) is 4.80. The van der Waals surface area contributed by atoms with Gasteiger partial charge in [-0.05, 0) is 6.42 Å². The fraction of sp³-hybridized carbons (Fsp3) is 0.750. The van der Waals surface area contributed by atoms with Crippen molar-refractivity contribution in [3.8, 4) is 0 Å². The zero-order valence-corrected chi connectivity index (χ0v) is 8.64. The van der Waals surface area contributed by atoms with Crippen molar-refractivity contribution >= 4 is 11.9 Å². The Labute approximate surface area is 84.6 Å². The molecule has 0 saturated carbocycles. The number of hydrogen-bond acceptors (Lipinski definition) is 2. The Morgan fingerprint density at radius 1 is 1.21 bits per heavy atom. The van der Waals surface area contributed by atoms with E-state index in [0.29, 0.717) is 6.54 Å². The van der Waals surface area contributed by atoms with Crippen molar-refractivity contribution in [1.82, 2.24) is 10.4 Å². The number of guanidine groups is 2. The van der Waals surface area contributed by atoms with Crippen LogP contribution in [0, 0.1) is 10.8 Å². The fourth-order valence-corrected chi connectivity index (χ4v) is 1.08. The lowest BCUT2D eigenvalue weighted by atomic mass is 10.2. The summed E-state index contributed by atoms with van der Waals surface area (Å²) >= 11 is 0. The highest BCUT2D eigenvalue weighted by Crippen LogP contribution is 1.99. The summed E-state index contributed by atoms with van der Waals surface area (Å²) in [5.41, 5.74) is 12.9. The lowest BCUT2D eigenvalue weighted by molar-refractivity contribution is 0.353. The maximum absolute atomic E-state index is 7.21. The molecule has 0 spiro atoms. The third kappa shape index (κ3) is 6.10. The second kappa shape index (κ2) is 6.99. The van der Waals surface area contributed by atoms with Gasteiger partial charge in [-0.3, -0.25) is 21.3 Å². The van der Waals surface area contributed by atoms with Gasteiger partial charge in [-0.2, -0.15) is 0 Å². The summed E-state index contributed by atoms with van der Waals surface area (Å²) in [5.74, 6) is -0.313. The van der Waals surface area contributed by atoms with Gasteiger partial charge in [0, 0.05) is 6.54 Å². The molecule has 0 aliphatic carbocycles. The van der Waals surface area contributed by atoms with Crippen molar-refractivity contribution in [1.29, 1.82) is 10.8 Å². The van der Waals surface area contributed by atoms with Crippen LogP contribution in [0.2, 0.25) is 0 Å². The number of hydrazine groups is 1. The van der Waals surface area contributed by atoms with E-state index in [1.54, 1.807) is 0 Å². The molecule has 0 rings (SSSR count). The van der Waals surface area contributed by atoms with Crippen LogP contribution in [-0.2, 0) is 0 Å². The van der Waals surface area contributed by atoms with Gasteiger partial charge in [0.2, 0.25) is 11.9 Å². The smallest absolute Gasteiger partial charge is 0.207 e. The summed E-state index contributed by atoms with van der Waals surface area (Å²) in [4.78, 5) is 0. The molecule has 82 valence electrons. The Morgan fingerprint density at radius 2 is 1.86 bits per heavy atom. The van der Waals surface area contributed by atoms with E-state index in [0.717, 1.165) is 12.8 Å². The summed E-state index contributed by atoms with van der Waals surface area (Å²) in [7, 11) is 0. The predicted octanol–water partition coefficient (Wildman–Crippen LogP) is 0.160. The van der Waals surface area contributed by atoms with Gasteiger partial charge in [0.05, 0.1) is 0 Å². The van der Waals surface area contributed by atoms with Crippen LogP contribution in [0.15, 0.2) is 0 Å². The van der Waals surface area contributed by atoms with Gasteiger partial charge >= 0.3 is 0 Å². The molecule has 0 aromatic carbocycles. The number of nitrogens with zero attached hydrogens (tertiary/aromatic N) is 1. The molecular formula is C8H20N6. The number of nitrogens with one attached hydrogen (secondary N) is 3. The van der Waals surface area contributed by atoms with E-state index in [1.165, 1.54) is 17.9 Å². The Balaban J connectivity index is 3.74. The quantitative estimate of drug-likeness (QED) is 0.188. The molecular weight excluding hydrogens is 180 g/mol. The van der Waals surface area contributed by atoms with Crippen LogP contribution >= 0.6 is 0 Å². The third-order valence-corrected chi connectivity index (χ3v) is 1.78. The minimum Gasteiger partial charge on any atom is -0.369 e. The van der Waals surface area contributed by atoms with E-state index in [-0.39, 0.29) is 11.9 Å². The van der Waals surface area contributed by atoms with Gasteiger partial charge < -0.3 is 11.5 Å². The maximum Gasteiger partial charge on any atom is 0.207 e. The van der Waals surface area contributed by atoms with Crippen molar-refractivity contribution in [2.45, 2.75) is 32.6 Å². The summed E-state index contributed by atoms with van der Waals surface area (Å²) < 4.78 is 0. The fourth-order valence-electron chi connectivity index (χ4n) is 1.08. The molecule has 6 nitrogen and oxygen atoms in total. The van der Waals surface area contributed by atoms with Crippen molar-refractivity contribution in [2.24, 2.45) is 11.5 Å². The van der Waals surface area contributed by atoms with E-state index in [2.05, 4.69) is 12.3 Å². The summed E-state index contributed by atoms with van der Waals surface area (Å²) in [5, 5.41) is 15.6. The SMILES string of the molecule is CCCCCCN(NC(=N)N)C(=N)N.